The smallest absolute Gasteiger partial charge is 0.178 e. The number of nitrogens with one attached hydrogen (secondary N) is 1. The Morgan fingerprint density at radius 1 is 1.38 bits per heavy atom. The lowest BCUT2D eigenvalue weighted by molar-refractivity contribution is 0.478. The first-order valence-electron chi connectivity index (χ1n) is 5.57. The summed E-state index contributed by atoms with van der Waals surface area (Å²) < 4.78 is 4.13. The Labute approximate surface area is 109 Å². The van der Waals surface area contributed by atoms with Gasteiger partial charge in [0.15, 0.2) is 4.77 Å². The highest BCUT2D eigenvalue weighted by molar-refractivity contribution is 9.10. The molecule has 1 N–H and O–H groups in total. The van der Waals surface area contributed by atoms with Crippen molar-refractivity contribution in [2.75, 3.05) is 0 Å². The third-order valence-electron chi connectivity index (χ3n) is 2.99. The van der Waals surface area contributed by atoms with Gasteiger partial charge in [0, 0.05) is 10.5 Å². The van der Waals surface area contributed by atoms with Crippen LogP contribution in [0.5, 0.6) is 0 Å². The fourth-order valence-electron chi connectivity index (χ4n) is 2.12. The van der Waals surface area contributed by atoms with E-state index in [9.17, 15) is 0 Å². The highest BCUT2D eigenvalue weighted by Gasteiger charge is 2.11. The standard InChI is InChI=1S/C12H15BrN2S/c1-3-9(4-2)15-11-6-5-8(13)7-10(11)14-12(15)16/h5-7,9H,3-4H2,1-2H3,(H,14,16). The molecule has 2 rings (SSSR count). The maximum Gasteiger partial charge on any atom is 0.178 e. The minimum absolute atomic E-state index is 0.488. The number of aromatic amines is 1. The van der Waals surface area contributed by atoms with Crippen LogP contribution in [0.15, 0.2) is 22.7 Å². The van der Waals surface area contributed by atoms with Gasteiger partial charge in [-0.1, -0.05) is 29.8 Å². The first-order chi connectivity index (χ1) is 7.67. The Bertz CT molecular complexity index is 552. The van der Waals surface area contributed by atoms with Crippen molar-refractivity contribution in [3.63, 3.8) is 0 Å². The Morgan fingerprint density at radius 2 is 2.06 bits per heavy atom. The van der Waals surface area contributed by atoms with Crippen LogP contribution in [0.25, 0.3) is 11.0 Å². The van der Waals surface area contributed by atoms with Crippen LogP contribution in [-0.4, -0.2) is 9.55 Å². The number of fused-ring (bicyclic) bond motifs is 1. The number of nitrogens with zero attached hydrogens (tertiary/aromatic N) is 1. The van der Waals surface area contributed by atoms with Gasteiger partial charge in [0.2, 0.25) is 0 Å². The number of hydrogen-bond acceptors (Lipinski definition) is 1. The van der Waals surface area contributed by atoms with Gasteiger partial charge in [-0.2, -0.15) is 0 Å². The van der Waals surface area contributed by atoms with Crippen molar-refractivity contribution in [3.8, 4) is 0 Å². The lowest BCUT2D eigenvalue weighted by atomic mass is 10.1. The molecular weight excluding hydrogens is 284 g/mol. The maximum atomic E-state index is 5.40. The molecule has 0 fully saturated rings. The van der Waals surface area contributed by atoms with Crippen molar-refractivity contribution in [1.29, 1.82) is 0 Å². The van der Waals surface area contributed by atoms with Crippen molar-refractivity contribution in [1.82, 2.24) is 9.55 Å². The van der Waals surface area contributed by atoms with Gasteiger partial charge in [0.25, 0.3) is 0 Å². The molecule has 0 unspecified atom stereocenters. The van der Waals surface area contributed by atoms with E-state index in [-0.39, 0.29) is 0 Å². The fourth-order valence-corrected chi connectivity index (χ4v) is 2.84. The molecule has 0 bridgehead atoms. The van der Waals surface area contributed by atoms with Crippen molar-refractivity contribution < 1.29 is 0 Å². The van der Waals surface area contributed by atoms with Crippen LogP contribution >= 0.6 is 28.1 Å². The first kappa shape index (κ1) is 11.9. The zero-order valence-electron chi connectivity index (χ0n) is 9.46. The Morgan fingerprint density at radius 3 is 2.69 bits per heavy atom. The molecule has 0 radical (unpaired) electrons. The summed E-state index contributed by atoms with van der Waals surface area (Å²) >= 11 is 8.87. The summed E-state index contributed by atoms with van der Waals surface area (Å²) in [7, 11) is 0. The molecule has 1 heterocycles. The predicted octanol–water partition coefficient (Wildman–Crippen LogP) is 4.82. The van der Waals surface area contributed by atoms with Crippen LogP contribution in [-0.2, 0) is 0 Å². The zero-order chi connectivity index (χ0) is 11.7. The van der Waals surface area contributed by atoms with Crippen LogP contribution in [0.4, 0.5) is 0 Å². The largest absolute Gasteiger partial charge is 0.331 e. The van der Waals surface area contributed by atoms with Gasteiger partial charge in [-0.25, -0.2) is 0 Å². The van der Waals surface area contributed by atoms with Crippen molar-refractivity contribution in [3.05, 3.63) is 27.4 Å². The molecule has 0 saturated carbocycles. The minimum Gasteiger partial charge on any atom is -0.331 e. The van der Waals surface area contributed by atoms with Crippen molar-refractivity contribution in [2.24, 2.45) is 0 Å². The summed E-state index contributed by atoms with van der Waals surface area (Å²) in [6, 6.07) is 6.74. The average molecular weight is 299 g/mol. The average Bonchev–Trinajstić information content (AvgIpc) is 2.57. The molecule has 16 heavy (non-hydrogen) atoms. The third-order valence-corrected chi connectivity index (χ3v) is 3.78. The Hall–Kier alpha value is -0.610. The maximum absolute atomic E-state index is 5.40. The van der Waals surface area contributed by atoms with Crippen molar-refractivity contribution in [2.45, 2.75) is 32.7 Å². The van der Waals surface area contributed by atoms with Gasteiger partial charge in [-0.15, -0.1) is 0 Å². The lowest BCUT2D eigenvalue weighted by Gasteiger charge is -2.15. The number of H-pyrrole nitrogens is 1. The van der Waals surface area contributed by atoms with Crippen LogP contribution in [0.3, 0.4) is 0 Å². The third kappa shape index (κ3) is 1.96. The van der Waals surface area contributed by atoms with E-state index >= 15 is 0 Å². The molecule has 0 aliphatic rings. The van der Waals surface area contributed by atoms with E-state index in [2.05, 4.69) is 57.5 Å². The van der Waals surface area contributed by atoms with E-state index in [4.69, 9.17) is 12.2 Å². The number of hydrogen-bond donors (Lipinski definition) is 1. The van der Waals surface area contributed by atoms with Crippen LogP contribution in [0.2, 0.25) is 0 Å². The van der Waals surface area contributed by atoms with Gasteiger partial charge in [0.1, 0.15) is 0 Å². The van der Waals surface area contributed by atoms with Crippen molar-refractivity contribution >= 4 is 39.2 Å². The molecule has 0 atom stereocenters. The molecule has 2 aromatic rings. The molecule has 0 amide bonds. The lowest BCUT2D eigenvalue weighted by Crippen LogP contribution is -2.06. The Kier molecular flexibility index (Phi) is 3.50. The predicted molar refractivity (Wildman–Crippen MR) is 74.4 cm³/mol. The van der Waals surface area contributed by atoms with E-state index in [0.29, 0.717) is 6.04 Å². The molecule has 0 spiro atoms. The van der Waals surface area contributed by atoms with E-state index in [1.807, 2.05) is 0 Å². The minimum atomic E-state index is 0.488. The number of halogens is 1. The summed E-state index contributed by atoms with van der Waals surface area (Å²) in [6.07, 6.45) is 2.21. The number of imidazole rings is 1. The van der Waals surface area contributed by atoms with E-state index < -0.39 is 0 Å². The van der Waals surface area contributed by atoms with Crippen LogP contribution in [0.1, 0.15) is 32.7 Å². The second-order valence-electron chi connectivity index (χ2n) is 3.93. The molecule has 0 aliphatic carbocycles. The monoisotopic (exact) mass is 298 g/mol. The Balaban J connectivity index is 2.69. The van der Waals surface area contributed by atoms with Gasteiger partial charge in [-0.3, -0.25) is 0 Å². The summed E-state index contributed by atoms with van der Waals surface area (Å²) in [5, 5.41) is 0. The topological polar surface area (TPSA) is 20.7 Å². The van der Waals surface area contributed by atoms with Gasteiger partial charge >= 0.3 is 0 Å². The van der Waals surface area contributed by atoms with Crippen LogP contribution in [0, 0.1) is 4.77 Å². The second-order valence-corrected chi connectivity index (χ2v) is 5.23. The van der Waals surface area contributed by atoms with Crippen LogP contribution < -0.4 is 0 Å². The molecule has 1 aromatic heterocycles. The van der Waals surface area contributed by atoms with E-state index in [1.54, 1.807) is 0 Å². The zero-order valence-corrected chi connectivity index (χ0v) is 11.9. The van der Waals surface area contributed by atoms with Gasteiger partial charge in [0.05, 0.1) is 11.0 Å². The number of rotatable bonds is 3. The SMILES string of the molecule is CCC(CC)n1c(=S)[nH]c2cc(Br)ccc21. The molecule has 0 saturated heterocycles. The molecule has 86 valence electrons. The molecule has 1 aromatic carbocycles. The highest BCUT2D eigenvalue weighted by Crippen LogP contribution is 2.25. The summed E-state index contributed by atoms with van der Waals surface area (Å²) in [6.45, 7) is 4.40. The van der Waals surface area contributed by atoms with Gasteiger partial charge < -0.3 is 9.55 Å². The number of benzene rings is 1. The van der Waals surface area contributed by atoms with Gasteiger partial charge in [-0.05, 0) is 43.3 Å². The molecule has 0 aliphatic heterocycles. The summed E-state index contributed by atoms with van der Waals surface area (Å²) in [5.41, 5.74) is 2.30. The normalized spacial score (nSPS) is 11.5. The fraction of sp³-hybridized carbons (Fsp3) is 0.417. The second kappa shape index (κ2) is 4.72. The summed E-state index contributed by atoms with van der Waals surface area (Å²) in [5.74, 6) is 0. The quantitative estimate of drug-likeness (QED) is 0.806. The molecule has 4 heteroatoms. The van der Waals surface area contributed by atoms with E-state index in [0.717, 1.165) is 27.6 Å². The molecule has 2 nitrogen and oxygen atoms in total. The molecular formula is C12H15BrN2S. The summed E-state index contributed by atoms with van der Waals surface area (Å²) in [4.78, 5) is 3.26. The highest BCUT2D eigenvalue weighted by atomic mass is 79.9. The first-order valence-corrected chi connectivity index (χ1v) is 6.77. The van der Waals surface area contributed by atoms with E-state index in [1.165, 1.54) is 5.52 Å². The number of aromatic nitrogens is 2.